The van der Waals surface area contributed by atoms with Gasteiger partial charge in [-0.2, -0.15) is 0 Å². The first kappa shape index (κ1) is 23.4. The van der Waals surface area contributed by atoms with Gasteiger partial charge < -0.3 is 4.57 Å². The van der Waals surface area contributed by atoms with Gasteiger partial charge in [0.2, 0.25) is 0 Å². The molecule has 0 saturated heterocycles. The van der Waals surface area contributed by atoms with E-state index in [1.165, 1.54) is 54.8 Å². The summed E-state index contributed by atoms with van der Waals surface area (Å²) >= 11 is 0. The van der Waals surface area contributed by atoms with Crippen LogP contribution in [0.1, 0.15) is 25.0 Å². The maximum absolute atomic E-state index is 4.97. The minimum Gasteiger partial charge on any atom is -0.307 e. The summed E-state index contributed by atoms with van der Waals surface area (Å²) in [5, 5.41) is 6.31. The van der Waals surface area contributed by atoms with Gasteiger partial charge in [0.25, 0.3) is 0 Å². The fraction of sp³-hybridized carbons (Fsp3) is 0.0769. The lowest BCUT2D eigenvalue weighted by atomic mass is 9.80. The quantitative estimate of drug-likeness (QED) is 0.220. The number of benzene rings is 5. The molecule has 0 saturated carbocycles. The monoisotopic (exact) mass is 537 g/mol. The Morgan fingerprint density at radius 1 is 0.619 bits per heavy atom. The van der Waals surface area contributed by atoms with E-state index >= 15 is 0 Å². The molecule has 3 aromatic heterocycles. The molecular formula is C39H27N3. The van der Waals surface area contributed by atoms with Crippen LogP contribution in [-0.4, -0.2) is 14.5 Å². The fourth-order valence-corrected chi connectivity index (χ4v) is 7.34. The maximum Gasteiger partial charge on any atom is 0.0893 e. The van der Waals surface area contributed by atoms with Crippen molar-refractivity contribution >= 4 is 43.5 Å². The molecule has 0 radical (unpaired) electrons. The zero-order valence-electron chi connectivity index (χ0n) is 23.5. The minimum atomic E-state index is -0.164. The van der Waals surface area contributed by atoms with Gasteiger partial charge in [0.1, 0.15) is 0 Å². The molecule has 3 heteroatoms. The van der Waals surface area contributed by atoms with Crippen molar-refractivity contribution in [2.75, 3.05) is 0 Å². The third-order valence-corrected chi connectivity index (χ3v) is 9.19. The summed E-state index contributed by atoms with van der Waals surface area (Å²) in [7, 11) is 0. The number of hydrogen-bond acceptors (Lipinski definition) is 2. The van der Waals surface area contributed by atoms with E-state index in [1.807, 2.05) is 18.3 Å². The van der Waals surface area contributed by atoms with Crippen molar-refractivity contribution in [3.8, 4) is 28.2 Å². The Morgan fingerprint density at radius 2 is 1.33 bits per heavy atom. The van der Waals surface area contributed by atoms with Crippen LogP contribution in [0.2, 0.25) is 0 Å². The Morgan fingerprint density at radius 3 is 2.19 bits per heavy atom. The van der Waals surface area contributed by atoms with Gasteiger partial charge in [0.05, 0.1) is 39.8 Å². The van der Waals surface area contributed by atoms with Crippen LogP contribution in [0.25, 0.3) is 71.7 Å². The average molecular weight is 538 g/mol. The first-order chi connectivity index (χ1) is 20.6. The number of fused-ring (bicyclic) bond motifs is 11. The second-order valence-electron chi connectivity index (χ2n) is 11.8. The second-order valence-corrected chi connectivity index (χ2v) is 11.8. The van der Waals surface area contributed by atoms with E-state index in [0.29, 0.717) is 0 Å². The number of rotatable bonds is 2. The normalized spacial score (nSPS) is 13.7. The van der Waals surface area contributed by atoms with Crippen molar-refractivity contribution < 1.29 is 0 Å². The fourth-order valence-electron chi connectivity index (χ4n) is 7.34. The number of hydrogen-bond donors (Lipinski definition) is 0. The SMILES string of the molecule is CC1(C)c2ccccc2-c2c1c1c(c3ccccc23)c2ccccc2n1-c1ccc(-c2ccc3ccccc3n2)nc1. The molecule has 9 rings (SSSR count). The summed E-state index contributed by atoms with van der Waals surface area (Å²) in [6.45, 7) is 4.75. The first-order valence-electron chi connectivity index (χ1n) is 14.5. The van der Waals surface area contributed by atoms with E-state index in [1.54, 1.807) is 0 Å². The molecule has 0 amide bonds. The topological polar surface area (TPSA) is 30.7 Å². The molecule has 198 valence electrons. The summed E-state index contributed by atoms with van der Waals surface area (Å²) < 4.78 is 2.44. The number of pyridine rings is 2. The highest BCUT2D eigenvalue weighted by Gasteiger charge is 2.40. The molecule has 1 aliphatic carbocycles. The Kier molecular flexibility index (Phi) is 4.67. The van der Waals surface area contributed by atoms with E-state index in [2.05, 4.69) is 128 Å². The van der Waals surface area contributed by atoms with Gasteiger partial charge in [0.15, 0.2) is 0 Å². The van der Waals surface area contributed by atoms with Gasteiger partial charge in [0, 0.05) is 21.6 Å². The molecular weight excluding hydrogens is 510 g/mol. The molecule has 3 nitrogen and oxygen atoms in total. The Bertz CT molecular complexity index is 2380. The van der Waals surface area contributed by atoms with E-state index in [9.17, 15) is 0 Å². The molecule has 0 unspecified atom stereocenters. The van der Waals surface area contributed by atoms with Crippen molar-refractivity contribution in [1.82, 2.24) is 14.5 Å². The predicted octanol–water partition coefficient (Wildman–Crippen LogP) is 9.85. The second kappa shape index (κ2) is 8.37. The smallest absolute Gasteiger partial charge is 0.0893 e. The first-order valence-corrected chi connectivity index (χ1v) is 14.5. The highest BCUT2D eigenvalue weighted by atomic mass is 15.0. The van der Waals surface area contributed by atoms with Crippen LogP contribution in [0.5, 0.6) is 0 Å². The Balaban J connectivity index is 1.37. The van der Waals surface area contributed by atoms with Gasteiger partial charge in [-0.3, -0.25) is 4.98 Å². The Labute approximate surface area is 243 Å². The summed E-state index contributed by atoms with van der Waals surface area (Å²) in [6.07, 6.45) is 2.01. The maximum atomic E-state index is 4.97. The van der Waals surface area contributed by atoms with E-state index in [-0.39, 0.29) is 5.41 Å². The summed E-state index contributed by atoms with van der Waals surface area (Å²) in [6, 6.07) is 43.3. The zero-order valence-corrected chi connectivity index (χ0v) is 23.5. The van der Waals surface area contributed by atoms with E-state index in [4.69, 9.17) is 9.97 Å². The molecule has 0 fully saturated rings. The van der Waals surface area contributed by atoms with Crippen molar-refractivity contribution in [3.05, 3.63) is 139 Å². The third-order valence-electron chi connectivity index (χ3n) is 9.19. The Hall–Kier alpha value is -5.28. The van der Waals surface area contributed by atoms with E-state index in [0.717, 1.165) is 28.0 Å². The van der Waals surface area contributed by atoms with Gasteiger partial charge in [-0.15, -0.1) is 0 Å². The minimum absolute atomic E-state index is 0.164. The lowest BCUT2D eigenvalue weighted by Crippen LogP contribution is -2.16. The van der Waals surface area contributed by atoms with Crippen LogP contribution in [0, 0.1) is 0 Å². The molecule has 0 spiro atoms. The van der Waals surface area contributed by atoms with Crippen molar-refractivity contribution in [2.24, 2.45) is 0 Å². The zero-order chi connectivity index (χ0) is 28.0. The van der Waals surface area contributed by atoms with Crippen LogP contribution < -0.4 is 0 Å². The molecule has 0 N–H and O–H groups in total. The summed E-state index contributed by atoms with van der Waals surface area (Å²) in [5.41, 5.74) is 11.5. The predicted molar refractivity (Wildman–Crippen MR) is 174 cm³/mol. The lowest BCUT2D eigenvalue weighted by molar-refractivity contribution is 0.664. The van der Waals surface area contributed by atoms with Crippen LogP contribution in [-0.2, 0) is 5.41 Å². The van der Waals surface area contributed by atoms with Crippen LogP contribution >= 0.6 is 0 Å². The molecule has 0 bridgehead atoms. The van der Waals surface area contributed by atoms with E-state index < -0.39 is 0 Å². The van der Waals surface area contributed by atoms with Crippen molar-refractivity contribution in [1.29, 1.82) is 0 Å². The van der Waals surface area contributed by atoms with Gasteiger partial charge in [-0.1, -0.05) is 105 Å². The highest BCUT2D eigenvalue weighted by Crippen LogP contribution is 2.56. The average Bonchev–Trinajstić information content (AvgIpc) is 3.50. The molecule has 0 aliphatic heterocycles. The van der Waals surface area contributed by atoms with Gasteiger partial charge >= 0.3 is 0 Å². The van der Waals surface area contributed by atoms with Crippen LogP contribution in [0.15, 0.2) is 128 Å². The molecule has 5 aromatic carbocycles. The van der Waals surface area contributed by atoms with Crippen molar-refractivity contribution in [2.45, 2.75) is 19.3 Å². The van der Waals surface area contributed by atoms with Gasteiger partial charge in [-0.05, 0) is 63.4 Å². The van der Waals surface area contributed by atoms with Crippen molar-refractivity contribution in [3.63, 3.8) is 0 Å². The number of nitrogens with zero attached hydrogens (tertiary/aromatic N) is 3. The highest BCUT2D eigenvalue weighted by molar-refractivity contribution is 6.26. The largest absolute Gasteiger partial charge is 0.307 e. The van der Waals surface area contributed by atoms with Crippen LogP contribution in [0.4, 0.5) is 0 Å². The molecule has 3 heterocycles. The third kappa shape index (κ3) is 3.05. The molecule has 0 atom stereocenters. The molecule has 1 aliphatic rings. The summed E-state index contributed by atoms with van der Waals surface area (Å²) in [5.74, 6) is 0. The van der Waals surface area contributed by atoms with Crippen LogP contribution in [0.3, 0.4) is 0 Å². The summed E-state index contributed by atoms with van der Waals surface area (Å²) in [4.78, 5) is 9.87. The standard InChI is InChI=1S/C39H27N3/c1-39(2)30-16-8-6-14-28(30)35-26-12-4-5-13-27(26)36-29-15-7-10-18-34(29)42(38(36)37(35)39)25-20-22-32(40-23-25)33-21-19-24-11-3-9-17-31(24)41-33/h3-23H,1-2H3. The number of aromatic nitrogens is 3. The number of para-hydroxylation sites is 2. The lowest BCUT2D eigenvalue weighted by Gasteiger charge is -2.24. The molecule has 42 heavy (non-hydrogen) atoms. The van der Waals surface area contributed by atoms with Gasteiger partial charge in [-0.25, -0.2) is 4.98 Å². The molecule has 8 aromatic rings.